The molecule has 0 aliphatic carbocycles. The summed E-state index contributed by atoms with van der Waals surface area (Å²) >= 11 is 0. The molecule has 0 amide bonds. The highest BCUT2D eigenvalue weighted by Gasteiger charge is 2.34. The first-order valence-corrected chi connectivity index (χ1v) is 19.8. The second-order valence-corrected chi connectivity index (χ2v) is 15.2. The lowest BCUT2D eigenvalue weighted by Gasteiger charge is -2.28. The van der Waals surface area contributed by atoms with E-state index in [1.807, 2.05) is 48.5 Å². The fourth-order valence-electron chi connectivity index (χ4n) is 7.56. The maximum absolute atomic E-state index is 14.1. The minimum atomic E-state index is -3.74. The van der Waals surface area contributed by atoms with Crippen molar-refractivity contribution in [2.75, 3.05) is 9.80 Å². The van der Waals surface area contributed by atoms with Crippen LogP contribution in [0.2, 0.25) is 0 Å². The Kier molecular flexibility index (Phi) is 8.91. The number of sulfone groups is 1. The van der Waals surface area contributed by atoms with Crippen molar-refractivity contribution in [2.45, 2.75) is 9.79 Å². The van der Waals surface area contributed by atoms with Gasteiger partial charge in [0.15, 0.2) is 0 Å². The van der Waals surface area contributed by atoms with Crippen LogP contribution in [0.4, 0.5) is 34.1 Å². The van der Waals surface area contributed by atoms with Gasteiger partial charge in [-0.1, -0.05) is 133 Å². The van der Waals surface area contributed by atoms with Crippen LogP contribution < -0.4 is 9.80 Å². The fourth-order valence-corrected chi connectivity index (χ4v) is 9.23. The number of anilines is 6. The van der Waals surface area contributed by atoms with Gasteiger partial charge in [-0.25, -0.2) is 8.42 Å². The zero-order valence-corrected chi connectivity index (χ0v) is 30.7. The Balaban J connectivity index is 1.25. The van der Waals surface area contributed by atoms with E-state index in [4.69, 9.17) is 0 Å². The van der Waals surface area contributed by atoms with E-state index in [1.54, 1.807) is 24.3 Å². The highest BCUT2D eigenvalue weighted by Crippen LogP contribution is 2.47. The number of benzene rings is 8. The van der Waals surface area contributed by atoms with Gasteiger partial charge in [-0.05, 0) is 107 Å². The molecule has 0 unspecified atom stereocenters. The van der Waals surface area contributed by atoms with Crippen LogP contribution in [-0.4, -0.2) is 8.42 Å². The molecule has 1 heterocycles. The smallest absolute Gasteiger partial charge is 0.207 e. The van der Waals surface area contributed by atoms with Crippen LogP contribution in [0.3, 0.4) is 0 Å². The van der Waals surface area contributed by atoms with Crippen LogP contribution in [0, 0.1) is 0 Å². The van der Waals surface area contributed by atoms with Crippen LogP contribution in [0.15, 0.2) is 228 Å². The van der Waals surface area contributed by atoms with Crippen molar-refractivity contribution in [1.82, 2.24) is 0 Å². The lowest BCUT2D eigenvalue weighted by atomic mass is 9.85. The predicted molar refractivity (Wildman–Crippen MR) is 226 cm³/mol. The molecule has 0 saturated carbocycles. The number of hydrogen-bond donors (Lipinski definition) is 0. The van der Waals surface area contributed by atoms with Gasteiger partial charge in [0.05, 0.1) is 9.79 Å². The topological polar surface area (TPSA) is 40.6 Å². The van der Waals surface area contributed by atoms with Gasteiger partial charge in [0, 0.05) is 45.3 Å². The summed E-state index contributed by atoms with van der Waals surface area (Å²) in [6.45, 7) is 0. The Labute approximate surface area is 322 Å². The first-order valence-electron chi connectivity index (χ1n) is 18.3. The quantitative estimate of drug-likeness (QED) is 0.156. The first-order chi connectivity index (χ1) is 27.1. The lowest BCUT2D eigenvalue weighted by molar-refractivity contribution is 0.594. The van der Waals surface area contributed by atoms with Crippen molar-refractivity contribution < 1.29 is 8.42 Å². The molecule has 1 aliphatic heterocycles. The largest absolute Gasteiger partial charge is 0.311 e. The maximum Gasteiger partial charge on any atom is 0.207 e. The van der Waals surface area contributed by atoms with Crippen LogP contribution in [0.5, 0.6) is 0 Å². The molecule has 0 aromatic heterocycles. The number of hydrogen-bond acceptors (Lipinski definition) is 4. The van der Waals surface area contributed by atoms with Gasteiger partial charge in [0.1, 0.15) is 0 Å². The minimum absolute atomic E-state index is 0.313. The summed E-state index contributed by atoms with van der Waals surface area (Å²) in [6, 6.07) is 73.3. The van der Waals surface area contributed by atoms with Crippen molar-refractivity contribution in [3.05, 3.63) is 241 Å². The molecule has 0 radical (unpaired) electrons. The molecule has 264 valence electrons. The molecule has 0 N–H and O–H groups in total. The minimum Gasteiger partial charge on any atom is -0.311 e. The van der Waals surface area contributed by atoms with E-state index in [1.165, 1.54) is 0 Å². The molecule has 8 aromatic carbocycles. The Morgan fingerprint density at radius 1 is 0.309 bits per heavy atom. The summed E-state index contributed by atoms with van der Waals surface area (Å²) in [5.74, 6) is 0. The van der Waals surface area contributed by atoms with Crippen LogP contribution >= 0.6 is 0 Å². The van der Waals surface area contributed by atoms with Crippen molar-refractivity contribution in [1.29, 1.82) is 0 Å². The van der Waals surface area contributed by atoms with Gasteiger partial charge >= 0.3 is 0 Å². The van der Waals surface area contributed by atoms with Crippen molar-refractivity contribution in [2.24, 2.45) is 0 Å². The van der Waals surface area contributed by atoms with E-state index >= 15 is 0 Å². The monoisotopic (exact) mass is 728 g/mol. The van der Waals surface area contributed by atoms with Gasteiger partial charge in [-0.3, -0.25) is 0 Å². The summed E-state index contributed by atoms with van der Waals surface area (Å²) in [5, 5.41) is 0. The molecule has 5 heteroatoms. The standard InChI is InChI=1S/C50H36N2O2S/c53-55(54)47-27-15-13-25-45(47)50(46-26-14-16-28-48(46)55)49(37-29-33-43(34-30-37)51(39-17-5-1-6-18-39)40-19-7-2-8-20-40)38-31-35-44(36-32-38)52(41-21-9-3-10-22-41)42-23-11-4-12-24-42/h1-36H. The molecule has 0 bridgehead atoms. The van der Waals surface area contributed by atoms with Crippen LogP contribution in [-0.2, 0) is 9.84 Å². The lowest BCUT2D eigenvalue weighted by Crippen LogP contribution is -2.15. The van der Waals surface area contributed by atoms with Gasteiger partial charge in [0.2, 0.25) is 9.84 Å². The van der Waals surface area contributed by atoms with Gasteiger partial charge in [-0.2, -0.15) is 0 Å². The SMILES string of the molecule is O=S1(=O)c2ccccc2C(=C(c2ccc(N(c3ccccc3)c3ccccc3)cc2)c2ccc(N(c3ccccc3)c3ccccc3)cc2)c2ccccc21. The zero-order chi connectivity index (χ0) is 37.2. The molecular formula is C50H36N2O2S. The van der Waals surface area contributed by atoms with E-state index in [0.717, 1.165) is 56.4 Å². The van der Waals surface area contributed by atoms with E-state index in [2.05, 4.69) is 155 Å². The first kappa shape index (κ1) is 33.9. The number of rotatable bonds is 8. The summed E-state index contributed by atoms with van der Waals surface area (Å²) in [4.78, 5) is 5.11. The molecule has 0 saturated heterocycles. The summed E-state index contributed by atoms with van der Waals surface area (Å²) in [7, 11) is -3.74. The van der Waals surface area contributed by atoms with E-state index in [-0.39, 0.29) is 0 Å². The molecule has 55 heavy (non-hydrogen) atoms. The van der Waals surface area contributed by atoms with E-state index in [9.17, 15) is 8.42 Å². The molecule has 9 rings (SSSR count). The van der Waals surface area contributed by atoms with Gasteiger partial charge < -0.3 is 9.80 Å². The van der Waals surface area contributed by atoms with Crippen molar-refractivity contribution in [3.8, 4) is 0 Å². The van der Waals surface area contributed by atoms with E-state index < -0.39 is 9.84 Å². The third kappa shape index (κ3) is 6.31. The normalized spacial score (nSPS) is 12.6. The second kappa shape index (κ2) is 14.5. The molecule has 0 spiro atoms. The average Bonchev–Trinajstić information content (AvgIpc) is 3.25. The summed E-state index contributed by atoms with van der Waals surface area (Å²) in [6.07, 6.45) is 0. The average molecular weight is 729 g/mol. The highest BCUT2D eigenvalue weighted by atomic mass is 32.2. The fraction of sp³-hybridized carbons (Fsp3) is 0. The highest BCUT2D eigenvalue weighted by molar-refractivity contribution is 7.91. The third-order valence-corrected chi connectivity index (χ3v) is 11.9. The van der Waals surface area contributed by atoms with E-state index in [0.29, 0.717) is 20.9 Å². The maximum atomic E-state index is 14.1. The Morgan fingerprint density at radius 2 is 0.582 bits per heavy atom. The van der Waals surface area contributed by atoms with Crippen molar-refractivity contribution >= 4 is 55.1 Å². The summed E-state index contributed by atoms with van der Waals surface area (Å²) in [5.41, 5.74) is 11.4. The van der Waals surface area contributed by atoms with Crippen LogP contribution in [0.1, 0.15) is 22.3 Å². The third-order valence-electron chi connectivity index (χ3n) is 10.0. The molecule has 1 aliphatic rings. The number of para-hydroxylation sites is 4. The second-order valence-electron chi connectivity index (χ2n) is 13.4. The molecule has 8 aromatic rings. The Hall–Kier alpha value is -6.95. The predicted octanol–water partition coefficient (Wildman–Crippen LogP) is 12.8. The van der Waals surface area contributed by atoms with Gasteiger partial charge in [0.25, 0.3) is 0 Å². The number of nitrogens with zero attached hydrogens (tertiary/aromatic N) is 2. The summed E-state index contributed by atoms with van der Waals surface area (Å²) < 4.78 is 28.2. The Morgan fingerprint density at radius 3 is 0.909 bits per heavy atom. The van der Waals surface area contributed by atoms with Gasteiger partial charge in [-0.15, -0.1) is 0 Å². The molecule has 4 nitrogen and oxygen atoms in total. The van der Waals surface area contributed by atoms with Crippen LogP contribution in [0.25, 0.3) is 11.1 Å². The molecular weight excluding hydrogens is 693 g/mol. The Bertz CT molecular complexity index is 2470. The zero-order valence-electron chi connectivity index (χ0n) is 29.9. The molecule has 0 fully saturated rings. The van der Waals surface area contributed by atoms with Crippen molar-refractivity contribution in [3.63, 3.8) is 0 Å². The number of fused-ring (bicyclic) bond motifs is 2. The molecule has 0 atom stereocenters.